The average molecular weight is 339 g/mol. The molecule has 0 radical (unpaired) electrons. The standard InChI is InChI=1S/C16H23BrN2O/c1-3-14-6-4-5-9-19(14)11-16(20)18-13-8-7-12(2)15(17)10-13/h7-8,10,14H,3-6,9,11H2,1-2H3,(H,18,20). The van der Waals surface area contributed by atoms with E-state index in [1.54, 1.807) is 0 Å². The molecule has 1 amide bonds. The smallest absolute Gasteiger partial charge is 0.238 e. The minimum Gasteiger partial charge on any atom is -0.325 e. The Morgan fingerprint density at radius 3 is 2.95 bits per heavy atom. The fraction of sp³-hybridized carbons (Fsp3) is 0.562. The zero-order valence-corrected chi connectivity index (χ0v) is 13.9. The highest BCUT2D eigenvalue weighted by molar-refractivity contribution is 9.10. The highest BCUT2D eigenvalue weighted by atomic mass is 79.9. The zero-order valence-electron chi connectivity index (χ0n) is 12.3. The first kappa shape index (κ1) is 15.5. The molecule has 110 valence electrons. The Bertz CT molecular complexity index is 476. The van der Waals surface area contributed by atoms with Gasteiger partial charge in [0.05, 0.1) is 6.54 Å². The van der Waals surface area contributed by atoms with Gasteiger partial charge in [0.1, 0.15) is 0 Å². The van der Waals surface area contributed by atoms with Gasteiger partial charge in [0.25, 0.3) is 0 Å². The van der Waals surface area contributed by atoms with Crippen LogP contribution in [0.5, 0.6) is 0 Å². The van der Waals surface area contributed by atoms with Gasteiger partial charge in [-0.15, -0.1) is 0 Å². The number of rotatable bonds is 4. The van der Waals surface area contributed by atoms with Crippen LogP contribution < -0.4 is 5.32 Å². The van der Waals surface area contributed by atoms with Gasteiger partial charge >= 0.3 is 0 Å². The maximum atomic E-state index is 12.2. The van der Waals surface area contributed by atoms with Crippen molar-refractivity contribution in [3.8, 4) is 0 Å². The number of piperidine rings is 1. The highest BCUT2D eigenvalue weighted by Gasteiger charge is 2.22. The van der Waals surface area contributed by atoms with Crippen LogP contribution in [0.25, 0.3) is 0 Å². The number of aryl methyl sites for hydroxylation is 1. The van der Waals surface area contributed by atoms with Gasteiger partial charge in [-0.25, -0.2) is 0 Å². The van der Waals surface area contributed by atoms with E-state index < -0.39 is 0 Å². The molecule has 1 aromatic rings. The predicted octanol–water partition coefficient (Wildman–Crippen LogP) is 3.96. The Morgan fingerprint density at radius 2 is 2.25 bits per heavy atom. The fourth-order valence-corrected chi connectivity index (χ4v) is 3.16. The summed E-state index contributed by atoms with van der Waals surface area (Å²) in [5.41, 5.74) is 2.03. The van der Waals surface area contributed by atoms with E-state index in [1.807, 2.05) is 25.1 Å². The van der Waals surface area contributed by atoms with Gasteiger partial charge in [0, 0.05) is 16.2 Å². The summed E-state index contributed by atoms with van der Waals surface area (Å²) < 4.78 is 1.03. The van der Waals surface area contributed by atoms with Crippen LogP contribution in [0.3, 0.4) is 0 Å². The van der Waals surface area contributed by atoms with Gasteiger partial charge in [-0.05, 0) is 50.4 Å². The molecule has 0 spiro atoms. The van der Waals surface area contributed by atoms with Crippen molar-refractivity contribution < 1.29 is 4.79 Å². The number of hydrogen-bond donors (Lipinski definition) is 1. The molecule has 0 bridgehead atoms. The van der Waals surface area contributed by atoms with Crippen LogP contribution in [0, 0.1) is 6.92 Å². The number of benzene rings is 1. The van der Waals surface area contributed by atoms with Crippen molar-refractivity contribution in [3.63, 3.8) is 0 Å². The first-order valence-electron chi connectivity index (χ1n) is 7.40. The normalized spacial score (nSPS) is 19.9. The average Bonchev–Trinajstić information content (AvgIpc) is 2.43. The van der Waals surface area contributed by atoms with Crippen LogP contribution >= 0.6 is 15.9 Å². The molecular weight excluding hydrogens is 316 g/mol. The Labute approximate surface area is 129 Å². The molecule has 4 heteroatoms. The molecule has 3 nitrogen and oxygen atoms in total. The Kier molecular flexibility index (Phi) is 5.61. The largest absolute Gasteiger partial charge is 0.325 e. The van der Waals surface area contributed by atoms with Gasteiger partial charge in [0.15, 0.2) is 0 Å². The van der Waals surface area contributed by atoms with Crippen molar-refractivity contribution in [3.05, 3.63) is 28.2 Å². The number of anilines is 1. The third-order valence-electron chi connectivity index (χ3n) is 4.02. The Morgan fingerprint density at radius 1 is 1.45 bits per heavy atom. The van der Waals surface area contributed by atoms with Crippen LogP contribution in [0.15, 0.2) is 22.7 Å². The molecule has 0 aromatic heterocycles. The first-order valence-corrected chi connectivity index (χ1v) is 8.19. The maximum absolute atomic E-state index is 12.2. The summed E-state index contributed by atoms with van der Waals surface area (Å²) in [6.45, 7) is 5.79. The van der Waals surface area contributed by atoms with Gasteiger partial charge in [0.2, 0.25) is 5.91 Å². The minimum atomic E-state index is 0.0844. The van der Waals surface area contributed by atoms with Crippen LogP contribution in [0.4, 0.5) is 5.69 Å². The third-order valence-corrected chi connectivity index (χ3v) is 4.88. The molecule has 1 atom stereocenters. The van der Waals surface area contributed by atoms with Gasteiger partial charge < -0.3 is 5.32 Å². The minimum absolute atomic E-state index is 0.0844. The monoisotopic (exact) mass is 338 g/mol. The van der Waals surface area contributed by atoms with Gasteiger partial charge in [-0.2, -0.15) is 0 Å². The lowest BCUT2D eigenvalue weighted by Crippen LogP contribution is -2.43. The van der Waals surface area contributed by atoms with Crippen molar-refractivity contribution >= 4 is 27.5 Å². The van der Waals surface area contributed by atoms with Crippen molar-refractivity contribution in [2.75, 3.05) is 18.4 Å². The first-order chi connectivity index (χ1) is 9.60. The van der Waals surface area contributed by atoms with Gasteiger partial charge in [-0.3, -0.25) is 9.69 Å². The summed E-state index contributed by atoms with van der Waals surface area (Å²) in [5, 5.41) is 2.99. The molecule has 1 aromatic carbocycles. The number of amides is 1. The van der Waals surface area contributed by atoms with E-state index in [4.69, 9.17) is 0 Å². The summed E-state index contributed by atoms with van der Waals surface area (Å²) in [7, 11) is 0. The Balaban J connectivity index is 1.92. The lowest BCUT2D eigenvalue weighted by Gasteiger charge is -2.34. The number of hydrogen-bond acceptors (Lipinski definition) is 2. The van der Waals surface area contributed by atoms with Crippen molar-refractivity contribution in [2.45, 2.75) is 45.6 Å². The van der Waals surface area contributed by atoms with Crippen LogP contribution in [0.1, 0.15) is 38.2 Å². The van der Waals surface area contributed by atoms with E-state index in [2.05, 4.69) is 33.1 Å². The van der Waals surface area contributed by atoms with Crippen molar-refractivity contribution in [1.29, 1.82) is 0 Å². The molecule has 20 heavy (non-hydrogen) atoms. The summed E-state index contributed by atoms with van der Waals surface area (Å²) in [6, 6.07) is 6.49. The molecule has 1 N–H and O–H groups in total. The molecule has 1 aliphatic rings. The Hall–Kier alpha value is -0.870. The molecule has 1 fully saturated rings. The van der Waals surface area contributed by atoms with Crippen molar-refractivity contribution in [2.24, 2.45) is 0 Å². The van der Waals surface area contributed by atoms with Crippen LogP contribution in [0.2, 0.25) is 0 Å². The molecule has 0 aliphatic carbocycles. The highest BCUT2D eigenvalue weighted by Crippen LogP contribution is 2.22. The number of halogens is 1. The summed E-state index contributed by atoms with van der Waals surface area (Å²) in [5.74, 6) is 0.0844. The van der Waals surface area contributed by atoms with Crippen LogP contribution in [-0.4, -0.2) is 29.9 Å². The van der Waals surface area contributed by atoms with Gasteiger partial charge in [-0.1, -0.05) is 35.3 Å². The van der Waals surface area contributed by atoms with E-state index in [9.17, 15) is 4.79 Å². The number of carbonyl (C=O) groups excluding carboxylic acids is 1. The predicted molar refractivity (Wildman–Crippen MR) is 87.0 cm³/mol. The topological polar surface area (TPSA) is 32.3 Å². The van der Waals surface area contributed by atoms with E-state index in [1.165, 1.54) is 24.8 Å². The quantitative estimate of drug-likeness (QED) is 0.901. The second-order valence-electron chi connectivity index (χ2n) is 5.54. The lowest BCUT2D eigenvalue weighted by molar-refractivity contribution is -0.118. The maximum Gasteiger partial charge on any atom is 0.238 e. The summed E-state index contributed by atoms with van der Waals surface area (Å²) in [4.78, 5) is 14.5. The van der Waals surface area contributed by atoms with E-state index in [0.717, 1.165) is 23.1 Å². The van der Waals surface area contributed by atoms with E-state index in [0.29, 0.717) is 12.6 Å². The fourth-order valence-electron chi connectivity index (χ4n) is 2.79. The number of nitrogens with one attached hydrogen (secondary N) is 1. The number of nitrogens with zero attached hydrogens (tertiary/aromatic N) is 1. The van der Waals surface area contributed by atoms with E-state index >= 15 is 0 Å². The molecule has 1 saturated heterocycles. The molecule has 1 aliphatic heterocycles. The summed E-state index contributed by atoms with van der Waals surface area (Å²) >= 11 is 3.49. The van der Waals surface area contributed by atoms with Crippen LogP contribution in [-0.2, 0) is 4.79 Å². The van der Waals surface area contributed by atoms with E-state index in [-0.39, 0.29) is 5.91 Å². The second-order valence-corrected chi connectivity index (χ2v) is 6.39. The zero-order chi connectivity index (χ0) is 14.5. The second kappa shape index (κ2) is 7.23. The molecular formula is C16H23BrN2O. The lowest BCUT2D eigenvalue weighted by atomic mass is 10.00. The number of carbonyl (C=O) groups is 1. The SMILES string of the molecule is CCC1CCCCN1CC(=O)Nc1ccc(C)c(Br)c1. The summed E-state index contributed by atoms with van der Waals surface area (Å²) in [6.07, 6.45) is 4.85. The molecule has 2 rings (SSSR count). The molecule has 1 heterocycles. The van der Waals surface area contributed by atoms with Crippen molar-refractivity contribution in [1.82, 2.24) is 4.90 Å². The molecule has 0 saturated carbocycles. The third kappa shape index (κ3) is 4.06. The number of likely N-dealkylation sites (tertiary alicyclic amines) is 1. The molecule has 1 unspecified atom stereocenters.